The van der Waals surface area contributed by atoms with Crippen molar-refractivity contribution in [3.8, 4) is 0 Å². The van der Waals surface area contributed by atoms with E-state index >= 15 is 0 Å². The highest BCUT2D eigenvalue weighted by atomic mass is 32.2. The van der Waals surface area contributed by atoms with Crippen molar-refractivity contribution in [2.45, 2.75) is 25.2 Å². The Morgan fingerprint density at radius 1 is 1.12 bits per heavy atom. The molecule has 0 saturated carbocycles. The molecule has 134 valence electrons. The fourth-order valence-electron chi connectivity index (χ4n) is 2.40. The van der Waals surface area contributed by atoms with Gasteiger partial charge in [0.15, 0.2) is 0 Å². The van der Waals surface area contributed by atoms with E-state index in [1.807, 2.05) is 6.92 Å². The molecule has 2 aromatic rings. The van der Waals surface area contributed by atoms with Gasteiger partial charge in [0.2, 0.25) is 15.9 Å². The Labute approximate surface area is 147 Å². The first-order valence-electron chi connectivity index (χ1n) is 7.96. The first kappa shape index (κ1) is 19.1. The van der Waals surface area contributed by atoms with Gasteiger partial charge in [0.25, 0.3) is 0 Å². The predicted octanol–water partition coefficient (Wildman–Crippen LogP) is 2.72. The van der Waals surface area contributed by atoms with Gasteiger partial charge in [-0.05, 0) is 36.2 Å². The van der Waals surface area contributed by atoms with Gasteiger partial charge in [0, 0.05) is 20.0 Å². The number of para-hydroxylation sites is 1. The van der Waals surface area contributed by atoms with Crippen LogP contribution < -0.4 is 9.62 Å². The van der Waals surface area contributed by atoms with Gasteiger partial charge < -0.3 is 4.90 Å². The molecule has 1 N–H and O–H groups in total. The molecule has 25 heavy (non-hydrogen) atoms. The second-order valence-electron chi connectivity index (χ2n) is 5.52. The fourth-order valence-corrected chi connectivity index (χ4v) is 3.42. The Bertz CT molecular complexity index is 836. The van der Waals surface area contributed by atoms with Gasteiger partial charge in [0.05, 0.1) is 10.6 Å². The third-order valence-corrected chi connectivity index (χ3v) is 5.27. The Kier molecular flexibility index (Phi) is 6.27. The molecule has 2 rings (SSSR count). The monoisotopic (exact) mass is 364 g/mol. The molecule has 1 amide bonds. The van der Waals surface area contributed by atoms with Crippen LogP contribution in [-0.4, -0.2) is 27.4 Å². The first-order chi connectivity index (χ1) is 11.8. The van der Waals surface area contributed by atoms with Crippen LogP contribution in [0.4, 0.5) is 10.1 Å². The summed E-state index contributed by atoms with van der Waals surface area (Å²) in [7, 11) is -3.68. The summed E-state index contributed by atoms with van der Waals surface area (Å²) in [6.45, 7) is 3.31. The van der Waals surface area contributed by atoms with Crippen LogP contribution in [0.25, 0.3) is 0 Å². The molecule has 0 aliphatic heterocycles. The second kappa shape index (κ2) is 8.22. The molecule has 0 aliphatic rings. The zero-order valence-electron chi connectivity index (χ0n) is 14.2. The molecule has 0 unspecified atom stereocenters. The van der Waals surface area contributed by atoms with Gasteiger partial charge in [-0.15, -0.1) is 0 Å². The maximum atomic E-state index is 13.9. The summed E-state index contributed by atoms with van der Waals surface area (Å²) >= 11 is 0. The number of hydrogen-bond acceptors (Lipinski definition) is 3. The minimum atomic E-state index is -3.68. The summed E-state index contributed by atoms with van der Waals surface area (Å²) < 4.78 is 40.9. The van der Waals surface area contributed by atoms with E-state index in [0.717, 1.165) is 12.0 Å². The molecule has 7 heteroatoms. The lowest BCUT2D eigenvalue weighted by Crippen LogP contribution is -2.38. The molecular formula is C18H21FN2O3S. The number of sulfonamides is 1. The number of nitrogens with one attached hydrogen (secondary N) is 1. The van der Waals surface area contributed by atoms with E-state index in [4.69, 9.17) is 0 Å². The normalized spacial score (nSPS) is 11.3. The van der Waals surface area contributed by atoms with E-state index in [9.17, 15) is 17.6 Å². The molecule has 0 radical (unpaired) electrons. The van der Waals surface area contributed by atoms with Crippen LogP contribution in [0.15, 0.2) is 53.4 Å². The average molecular weight is 364 g/mol. The Balaban J connectivity index is 2.06. The highest BCUT2D eigenvalue weighted by Gasteiger charge is 2.18. The third-order valence-electron chi connectivity index (χ3n) is 3.79. The van der Waals surface area contributed by atoms with Crippen LogP contribution in [-0.2, 0) is 21.2 Å². The highest BCUT2D eigenvalue weighted by molar-refractivity contribution is 7.89. The van der Waals surface area contributed by atoms with Gasteiger partial charge in [-0.25, -0.2) is 17.5 Å². The molecule has 0 heterocycles. The van der Waals surface area contributed by atoms with Gasteiger partial charge in [-0.3, -0.25) is 4.79 Å². The van der Waals surface area contributed by atoms with Crippen LogP contribution in [0.1, 0.15) is 19.4 Å². The molecule has 0 aliphatic carbocycles. The van der Waals surface area contributed by atoms with Crippen LogP contribution in [0.3, 0.4) is 0 Å². The number of anilines is 1. The smallest absolute Gasteiger partial charge is 0.240 e. The zero-order valence-corrected chi connectivity index (χ0v) is 15.0. The van der Waals surface area contributed by atoms with Crippen molar-refractivity contribution in [3.63, 3.8) is 0 Å². The van der Waals surface area contributed by atoms with Crippen LogP contribution in [0.5, 0.6) is 0 Å². The quantitative estimate of drug-likeness (QED) is 0.821. The van der Waals surface area contributed by atoms with E-state index in [-0.39, 0.29) is 29.6 Å². The maximum Gasteiger partial charge on any atom is 0.240 e. The summed E-state index contributed by atoms with van der Waals surface area (Å²) in [4.78, 5) is 13.1. The van der Waals surface area contributed by atoms with Gasteiger partial charge in [-0.2, -0.15) is 0 Å². The molecule has 0 aromatic heterocycles. The number of carbonyl (C=O) groups is 1. The van der Waals surface area contributed by atoms with Crippen LogP contribution in [0.2, 0.25) is 0 Å². The Hall–Kier alpha value is -2.25. The van der Waals surface area contributed by atoms with Gasteiger partial charge >= 0.3 is 0 Å². The van der Waals surface area contributed by atoms with E-state index in [1.165, 1.54) is 30.0 Å². The molecule has 0 bridgehead atoms. The largest absolute Gasteiger partial charge is 0.309 e. The topological polar surface area (TPSA) is 66.5 Å². The van der Waals surface area contributed by atoms with E-state index in [2.05, 4.69) is 4.72 Å². The average Bonchev–Trinajstić information content (AvgIpc) is 2.59. The summed E-state index contributed by atoms with van der Waals surface area (Å²) in [6.07, 6.45) is 0.823. The van der Waals surface area contributed by atoms with Crippen molar-refractivity contribution in [2.24, 2.45) is 0 Å². The summed E-state index contributed by atoms with van der Waals surface area (Å²) in [6, 6.07) is 12.5. The second-order valence-corrected chi connectivity index (χ2v) is 7.28. The molecule has 2 aromatic carbocycles. The number of amides is 1. The molecule has 0 fully saturated rings. The number of nitrogens with zero attached hydrogens (tertiary/aromatic N) is 1. The van der Waals surface area contributed by atoms with E-state index < -0.39 is 15.8 Å². The lowest BCUT2D eigenvalue weighted by Gasteiger charge is -2.21. The lowest BCUT2D eigenvalue weighted by atomic mass is 10.2. The minimum Gasteiger partial charge on any atom is -0.309 e. The summed E-state index contributed by atoms with van der Waals surface area (Å²) in [5.41, 5.74) is 1.17. The SMILES string of the molecule is CCc1ccc(S(=O)(=O)NCCN(C(C)=O)c2ccccc2F)cc1. The predicted molar refractivity (Wildman–Crippen MR) is 95.4 cm³/mol. The fraction of sp³-hybridized carbons (Fsp3) is 0.278. The number of aryl methyl sites for hydroxylation is 1. The zero-order chi connectivity index (χ0) is 18.4. The van der Waals surface area contributed by atoms with Crippen molar-refractivity contribution in [3.05, 3.63) is 59.9 Å². The highest BCUT2D eigenvalue weighted by Crippen LogP contribution is 2.18. The standard InChI is InChI=1S/C18H21FN2O3S/c1-3-15-8-10-16(11-9-15)25(23,24)20-12-13-21(14(2)22)18-7-5-4-6-17(18)19/h4-11,20H,3,12-13H2,1-2H3. The molecule has 0 atom stereocenters. The van der Waals surface area contributed by atoms with Crippen LogP contribution in [0, 0.1) is 5.82 Å². The van der Waals surface area contributed by atoms with Crippen molar-refractivity contribution < 1.29 is 17.6 Å². The Morgan fingerprint density at radius 2 is 1.76 bits per heavy atom. The Morgan fingerprint density at radius 3 is 2.32 bits per heavy atom. The maximum absolute atomic E-state index is 13.9. The number of carbonyl (C=O) groups excluding carboxylic acids is 1. The first-order valence-corrected chi connectivity index (χ1v) is 9.44. The van der Waals surface area contributed by atoms with Gasteiger partial charge in [-0.1, -0.05) is 31.2 Å². The summed E-state index contributed by atoms with van der Waals surface area (Å²) in [5.74, 6) is -0.896. The van der Waals surface area contributed by atoms with Crippen molar-refractivity contribution in [1.29, 1.82) is 0 Å². The lowest BCUT2D eigenvalue weighted by molar-refractivity contribution is -0.116. The third kappa shape index (κ3) is 4.87. The van der Waals surface area contributed by atoms with Crippen molar-refractivity contribution in [2.75, 3.05) is 18.0 Å². The number of benzene rings is 2. The molecule has 5 nitrogen and oxygen atoms in total. The molecule has 0 saturated heterocycles. The van der Waals surface area contributed by atoms with Gasteiger partial charge in [0.1, 0.15) is 5.82 Å². The molecule has 0 spiro atoms. The van der Waals surface area contributed by atoms with E-state index in [1.54, 1.807) is 30.3 Å². The van der Waals surface area contributed by atoms with Crippen LogP contribution >= 0.6 is 0 Å². The van der Waals surface area contributed by atoms with Crippen molar-refractivity contribution in [1.82, 2.24) is 4.72 Å². The number of rotatable bonds is 7. The van der Waals surface area contributed by atoms with Crippen molar-refractivity contribution >= 4 is 21.6 Å². The molecular weight excluding hydrogens is 343 g/mol. The minimum absolute atomic E-state index is 0.0220. The van der Waals surface area contributed by atoms with E-state index in [0.29, 0.717) is 0 Å². The number of halogens is 1. The number of hydrogen-bond donors (Lipinski definition) is 1. The summed E-state index contributed by atoms with van der Waals surface area (Å²) in [5, 5.41) is 0.